The van der Waals surface area contributed by atoms with Crippen molar-refractivity contribution in [2.45, 2.75) is 6.23 Å². The number of halogens is 1. The van der Waals surface area contributed by atoms with Crippen LogP contribution in [-0.2, 0) is 0 Å². The first kappa shape index (κ1) is 14.5. The lowest BCUT2D eigenvalue weighted by Crippen LogP contribution is -2.20. The summed E-state index contributed by atoms with van der Waals surface area (Å²) in [4.78, 5) is 5.23. The van der Waals surface area contributed by atoms with Gasteiger partial charge in [0.15, 0.2) is 12.0 Å². The van der Waals surface area contributed by atoms with Crippen LogP contribution in [0.1, 0.15) is 17.5 Å². The molecule has 0 aliphatic carbocycles. The number of aliphatic hydroxyl groups is 1. The van der Waals surface area contributed by atoms with Crippen molar-refractivity contribution in [1.82, 2.24) is 10.1 Å². The topological polar surface area (TPSA) is 77.3 Å². The molecular formula is C17H15FN4O2. The molecule has 3 N–H and O–H groups in total. The van der Waals surface area contributed by atoms with Gasteiger partial charge in [0, 0.05) is 23.9 Å². The molecule has 24 heavy (non-hydrogen) atoms. The largest absolute Gasteiger partial charge is 0.368 e. The van der Waals surface area contributed by atoms with Gasteiger partial charge in [-0.3, -0.25) is 0 Å². The summed E-state index contributed by atoms with van der Waals surface area (Å²) < 4.78 is 17.9. The van der Waals surface area contributed by atoms with E-state index in [0.29, 0.717) is 18.1 Å². The minimum Gasteiger partial charge on any atom is -0.368 e. The van der Waals surface area contributed by atoms with Crippen LogP contribution in [0.5, 0.6) is 0 Å². The zero-order chi connectivity index (χ0) is 16.5. The van der Waals surface area contributed by atoms with E-state index < -0.39 is 6.23 Å². The molecule has 0 fully saturated rings. The van der Waals surface area contributed by atoms with Gasteiger partial charge in [-0.25, -0.2) is 4.39 Å². The molecule has 6 nitrogen and oxygen atoms in total. The van der Waals surface area contributed by atoms with E-state index in [1.54, 1.807) is 18.2 Å². The van der Waals surface area contributed by atoms with E-state index >= 15 is 0 Å². The Morgan fingerprint density at radius 2 is 2.12 bits per heavy atom. The summed E-state index contributed by atoms with van der Waals surface area (Å²) in [7, 11) is 0. The number of anilines is 3. The zero-order valence-corrected chi connectivity index (χ0v) is 12.6. The molecule has 0 saturated heterocycles. The van der Waals surface area contributed by atoms with Crippen LogP contribution < -0.4 is 10.2 Å². The van der Waals surface area contributed by atoms with Crippen LogP contribution in [0, 0.1) is 5.82 Å². The van der Waals surface area contributed by atoms with Gasteiger partial charge in [-0.15, -0.1) is 0 Å². The number of benzene rings is 1. The Balaban J connectivity index is 1.62. The van der Waals surface area contributed by atoms with Gasteiger partial charge in [0.2, 0.25) is 0 Å². The fourth-order valence-corrected chi connectivity index (χ4v) is 2.72. The first-order chi connectivity index (χ1) is 11.7. The third-order valence-corrected chi connectivity index (χ3v) is 3.86. The predicted octanol–water partition coefficient (Wildman–Crippen LogP) is 3.41. The SMILES string of the molecule is OC(Nc1ccon1)c1cc2c([nH]1)N(c1ccc(F)cc1)CC=C2. The van der Waals surface area contributed by atoms with E-state index in [1.807, 2.05) is 23.1 Å². The van der Waals surface area contributed by atoms with Crippen LogP contribution in [0.2, 0.25) is 0 Å². The van der Waals surface area contributed by atoms with E-state index in [-0.39, 0.29) is 5.82 Å². The van der Waals surface area contributed by atoms with E-state index in [0.717, 1.165) is 17.1 Å². The first-order valence-electron chi connectivity index (χ1n) is 7.48. The highest BCUT2D eigenvalue weighted by atomic mass is 19.1. The maximum Gasteiger partial charge on any atom is 0.171 e. The maximum atomic E-state index is 13.1. The standard InChI is InChI=1S/C17H15FN4O2/c18-12-3-5-13(6-4-12)22-8-1-2-11-10-14(19-16(11)22)17(23)20-15-7-9-24-21-15/h1-7,9-10,17,19,23H,8H2,(H,20,21). The highest BCUT2D eigenvalue weighted by Crippen LogP contribution is 2.34. The summed E-state index contributed by atoms with van der Waals surface area (Å²) in [6.45, 7) is 0.658. The smallest absolute Gasteiger partial charge is 0.171 e. The molecule has 0 saturated carbocycles. The quantitative estimate of drug-likeness (QED) is 0.641. The van der Waals surface area contributed by atoms with Crippen LogP contribution in [-0.4, -0.2) is 21.8 Å². The summed E-state index contributed by atoms with van der Waals surface area (Å²) in [5.74, 6) is 1.02. The third kappa shape index (κ3) is 2.65. The number of aromatic amines is 1. The monoisotopic (exact) mass is 326 g/mol. The predicted molar refractivity (Wildman–Crippen MR) is 88.3 cm³/mol. The second kappa shape index (κ2) is 5.86. The molecule has 0 spiro atoms. The van der Waals surface area contributed by atoms with Crippen LogP contribution in [0.25, 0.3) is 6.08 Å². The first-order valence-corrected chi connectivity index (χ1v) is 7.48. The van der Waals surface area contributed by atoms with Crippen LogP contribution >= 0.6 is 0 Å². The zero-order valence-electron chi connectivity index (χ0n) is 12.6. The Morgan fingerprint density at radius 3 is 2.88 bits per heavy atom. The van der Waals surface area contributed by atoms with Gasteiger partial charge in [-0.05, 0) is 30.3 Å². The normalized spacial score (nSPS) is 14.5. The molecule has 0 amide bonds. The summed E-state index contributed by atoms with van der Waals surface area (Å²) in [6.07, 6.45) is 4.47. The summed E-state index contributed by atoms with van der Waals surface area (Å²) in [5, 5.41) is 16.9. The number of aliphatic hydroxyl groups excluding tert-OH is 1. The minimum absolute atomic E-state index is 0.272. The van der Waals surface area contributed by atoms with Crippen molar-refractivity contribution in [2.24, 2.45) is 0 Å². The molecule has 0 bridgehead atoms. The van der Waals surface area contributed by atoms with E-state index in [1.165, 1.54) is 18.4 Å². The second-order valence-electron chi connectivity index (χ2n) is 5.45. The van der Waals surface area contributed by atoms with Crippen molar-refractivity contribution < 1.29 is 14.0 Å². The van der Waals surface area contributed by atoms with Crippen LogP contribution in [0.15, 0.2) is 53.3 Å². The van der Waals surface area contributed by atoms with Crippen molar-refractivity contribution >= 4 is 23.4 Å². The molecule has 0 radical (unpaired) electrons. The number of H-pyrrole nitrogens is 1. The Labute approximate surface area is 137 Å². The van der Waals surface area contributed by atoms with Gasteiger partial charge in [0.25, 0.3) is 0 Å². The number of hydrogen-bond acceptors (Lipinski definition) is 5. The number of rotatable bonds is 4. The fourth-order valence-electron chi connectivity index (χ4n) is 2.72. The van der Waals surface area contributed by atoms with Crippen molar-refractivity contribution in [1.29, 1.82) is 0 Å². The Bertz CT molecular complexity index is 855. The maximum absolute atomic E-state index is 13.1. The molecular weight excluding hydrogens is 311 g/mol. The summed E-state index contributed by atoms with van der Waals surface area (Å²) in [5.41, 5.74) is 2.41. The van der Waals surface area contributed by atoms with Crippen molar-refractivity contribution in [3.63, 3.8) is 0 Å². The lowest BCUT2D eigenvalue weighted by Gasteiger charge is -2.25. The number of nitrogens with zero attached hydrogens (tertiary/aromatic N) is 2. The molecule has 1 aromatic carbocycles. The van der Waals surface area contributed by atoms with E-state index in [4.69, 9.17) is 4.52 Å². The molecule has 1 atom stereocenters. The molecule has 7 heteroatoms. The molecule has 4 rings (SSSR count). The van der Waals surface area contributed by atoms with Crippen molar-refractivity contribution in [3.05, 3.63) is 65.8 Å². The number of aromatic nitrogens is 2. The van der Waals surface area contributed by atoms with Gasteiger partial charge in [0.05, 0.1) is 5.69 Å². The van der Waals surface area contributed by atoms with Crippen LogP contribution in [0.4, 0.5) is 21.7 Å². The fraction of sp³-hybridized carbons (Fsp3) is 0.118. The van der Waals surface area contributed by atoms with E-state index in [2.05, 4.69) is 15.5 Å². The average molecular weight is 326 g/mol. The average Bonchev–Trinajstić information content (AvgIpc) is 3.24. The van der Waals surface area contributed by atoms with E-state index in [9.17, 15) is 9.50 Å². The lowest BCUT2D eigenvalue weighted by molar-refractivity contribution is 0.202. The Hall–Kier alpha value is -3.06. The van der Waals surface area contributed by atoms with Gasteiger partial charge < -0.3 is 24.8 Å². The Kier molecular flexibility index (Phi) is 3.55. The third-order valence-electron chi connectivity index (χ3n) is 3.86. The van der Waals surface area contributed by atoms with Gasteiger partial charge in [-0.2, -0.15) is 0 Å². The second-order valence-corrected chi connectivity index (χ2v) is 5.45. The Morgan fingerprint density at radius 1 is 1.29 bits per heavy atom. The highest BCUT2D eigenvalue weighted by molar-refractivity contribution is 5.75. The molecule has 2 aromatic heterocycles. The summed E-state index contributed by atoms with van der Waals surface area (Å²) >= 11 is 0. The van der Waals surface area contributed by atoms with Crippen LogP contribution in [0.3, 0.4) is 0 Å². The highest BCUT2D eigenvalue weighted by Gasteiger charge is 2.21. The van der Waals surface area contributed by atoms with Crippen molar-refractivity contribution in [2.75, 3.05) is 16.8 Å². The van der Waals surface area contributed by atoms with Gasteiger partial charge in [-0.1, -0.05) is 17.3 Å². The number of fused-ring (bicyclic) bond motifs is 1. The molecule has 1 aliphatic rings. The lowest BCUT2D eigenvalue weighted by atomic mass is 10.1. The summed E-state index contributed by atoms with van der Waals surface area (Å²) in [6, 6.07) is 9.79. The van der Waals surface area contributed by atoms with Crippen molar-refractivity contribution in [3.8, 4) is 0 Å². The number of nitrogens with one attached hydrogen (secondary N) is 2. The molecule has 3 aromatic rings. The molecule has 1 aliphatic heterocycles. The molecule has 1 unspecified atom stereocenters. The molecule has 122 valence electrons. The minimum atomic E-state index is -0.954. The van der Waals surface area contributed by atoms with Gasteiger partial charge in [0.1, 0.15) is 17.9 Å². The van der Waals surface area contributed by atoms with Gasteiger partial charge >= 0.3 is 0 Å². The molecule has 3 heterocycles. The number of hydrogen-bond donors (Lipinski definition) is 3.